The highest BCUT2D eigenvalue weighted by atomic mass is 35.5. The first-order valence-electron chi connectivity index (χ1n) is 6.74. The molecule has 0 amide bonds. The van der Waals surface area contributed by atoms with E-state index >= 15 is 0 Å². The van der Waals surface area contributed by atoms with E-state index in [1.54, 1.807) is 6.92 Å². The second-order valence-electron chi connectivity index (χ2n) is 5.03. The van der Waals surface area contributed by atoms with Crippen molar-refractivity contribution in [2.45, 2.75) is 13.8 Å². The van der Waals surface area contributed by atoms with Gasteiger partial charge in [-0.15, -0.1) is 0 Å². The van der Waals surface area contributed by atoms with E-state index in [9.17, 15) is 4.79 Å². The number of halogens is 1. The number of Topliss-reactive ketones (excluding diaryl/α,β-unsaturated/α-hetero) is 1. The number of ketones is 1. The second kappa shape index (κ2) is 5.30. The van der Waals surface area contributed by atoms with Gasteiger partial charge in [0, 0.05) is 27.2 Å². The number of carbonyl (C=O) groups excluding carboxylic acids is 1. The van der Waals surface area contributed by atoms with E-state index in [1.807, 2.05) is 55.5 Å². The Bertz CT molecular complexity index is 841. The lowest BCUT2D eigenvalue weighted by atomic mass is 9.92. The monoisotopic (exact) mass is 295 g/mol. The quantitative estimate of drug-likeness (QED) is 0.618. The van der Waals surface area contributed by atoms with E-state index in [2.05, 4.69) is 4.98 Å². The Labute approximate surface area is 128 Å². The van der Waals surface area contributed by atoms with Crippen LogP contribution in [0.15, 0.2) is 48.5 Å². The predicted octanol–water partition coefficient (Wildman–Crippen LogP) is 5.07. The molecule has 1 aromatic heterocycles. The minimum Gasteiger partial charge on any atom is -0.294 e. The van der Waals surface area contributed by atoms with Crippen LogP contribution in [0.5, 0.6) is 0 Å². The number of fused-ring (bicyclic) bond motifs is 1. The SMILES string of the molecule is CC(=O)c1c(C)nc2cc(Cl)ccc2c1-c1ccccc1. The summed E-state index contributed by atoms with van der Waals surface area (Å²) in [6.45, 7) is 3.45. The van der Waals surface area contributed by atoms with Gasteiger partial charge in [0.2, 0.25) is 0 Å². The van der Waals surface area contributed by atoms with Crippen molar-refractivity contribution < 1.29 is 4.79 Å². The van der Waals surface area contributed by atoms with Gasteiger partial charge in [-0.25, -0.2) is 0 Å². The summed E-state index contributed by atoms with van der Waals surface area (Å²) in [7, 11) is 0. The molecule has 21 heavy (non-hydrogen) atoms. The van der Waals surface area contributed by atoms with Crippen LogP contribution in [0.1, 0.15) is 23.0 Å². The van der Waals surface area contributed by atoms with E-state index in [4.69, 9.17) is 11.6 Å². The smallest absolute Gasteiger partial charge is 0.162 e. The van der Waals surface area contributed by atoms with Gasteiger partial charge in [-0.2, -0.15) is 0 Å². The number of nitrogens with zero attached hydrogens (tertiary/aromatic N) is 1. The normalized spacial score (nSPS) is 10.8. The molecule has 0 aliphatic carbocycles. The molecule has 0 spiro atoms. The Balaban J connectivity index is 2.48. The summed E-state index contributed by atoms with van der Waals surface area (Å²) in [6.07, 6.45) is 0. The Hall–Kier alpha value is -2.19. The Kier molecular flexibility index (Phi) is 3.48. The maximum absolute atomic E-state index is 12.1. The molecule has 0 unspecified atom stereocenters. The van der Waals surface area contributed by atoms with E-state index < -0.39 is 0 Å². The molecule has 3 heteroatoms. The molecule has 0 radical (unpaired) electrons. The molecule has 0 saturated heterocycles. The summed E-state index contributed by atoms with van der Waals surface area (Å²) in [5.41, 5.74) is 4.17. The van der Waals surface area contributed by atoms with Gasteiger partial charge in [0.15, 0.2) is 5.78 Å². The zero-order chi connectivity index (χ0) is 15.0. The maximum atomic E-state index is 12.1. The molecule has 0 saturated carbocycles. The second-order valence-corrected chi connectivity index (χ2v) is 5.47. The number of carbonyl (C=O) groups is 1. The summed E-state index contributed by atoms with van der Waals surface area (Å²) < 4.78 is 0. The van der Waals surface area contributed by atoms with Crippen molar-refractivity contribution in [1.82, 2.24) is 4.98 Å². The molecule has 104 valence electrons. The lowest BCUT2D eigenvalue weighted by Gasteiger charge is -2.14. The average molecular weight is 296 g/mol. The van der Waals surface area contributed by atoms with Gasteiger partial charge in [0.1, 0.15) is 0 Å². The third-order valence-corrected chi connectivity index (χ3v) is 3.78. The molecule has 0 fully saturated rings. The molecule has 1 heterocycles. The first kappa shape index (κ1) is 13.8. The van der Waals surface area contributed by atoms with Crippen LogP contribution in [-0.4, -0.2) is 10.8 Å². The molecule has 0 aliphatic heterocycles. The predicted molar refractivity (Wildman–Crippen MR) is 86.9 cm³/mol. The molecule has 2 nitrogen and oxygen atoms in total. The largest absolute Gasteiger partial charge is 0.294 e. The fourth-order valence-electron chi connectivity index (χ4n) is 2.70. The number of benzene rings is 2. The minimum absolute atomic E-state index is 0.0238. The van der Waals surface area contributed by atoms with Crippen molar-refractivity contribution in [3.63, 3.8) is 0 Å². The van der Waals surface area contributed by atoms with Gasteiger partial charge in [-0.05, 0) is 31.5 Å². The van der Waals surface area contributed by atoms with Crippen molar-refractivity contribution in [3.8, 4) is 11.1 Å². The highest BCUT2D eigenvalue weighted by Gasteiger charge is 2.17. The van der Waals surface area contributed by atoms with Crippen molar-refractivity contribution in [1.29, 1.82) is 0 Å². The molecule has 3 rings (SSSR count). The van der Waals surface area contributed by atoms with Crippen LogP contribution < -0.4 is 0 Å². The third kappa shape index (κ3) is 2.43. The fourth-order valence-corrected chi connectivity index (χ4v) is 2.86. The van der Waals surface area contributed by atoms with Crippen LogP contribution in [0.25, 0.3) is 22.0 Å². The Morgan fingerprint density at radius 3 is 2.48 bits per heavy atom. The van der Waals surface area contributed by atoms with Crippen molar-refractivity contribution in [2.75, 3.05) is 0 Å². The summed E-state index contributed by atoms with van der Waals surface area (Å²) in [4.78, 5) is 16.6. The highest BCUT2D eigenvalue weighted by Crippen LogP contribution is 2.34. The van der Waals surface area contributed by atoms with Gasteiger partial charge in [0.25, 0.3) is 0 Å². The summed E-state index contributed by atoms with van der Waals surface area (Å²) in [6, 6.07) is 15.5. The van der Waals surface area contributed by atoms with Gasteiger partial charge < -0.3 is 0 Å². The Morgan fingerprint density at radius 2 is 1.81 bits per heavy atom. The molecule has 2 aromatic carbocycles. The maximum Gasteiger partial charge on any atom is 0.162 e. The number of hydrogen-bond acceptors (Lipinski definition) is 2. The molecule has 0 bridgehead atoms. The lowest BCUT2D eigenvalue weighted by Crippen LogP contribution is -2.03. The third-order valence-electron chi connectivity index (χ3n) is 3.54. The van der Waals surface area contributed by atoms with Crippen LogP contribution in [0, 0.1) is 6.92 Å². The van der Waals surface area contributed by atoms with Crippen molar-refractivity contribution in [3.05, 3.63) is 64.8 Å². The number of aromatic nitrogens is 1. The number of rotatable bonds is 2. The molecule has 0 N–H and O–H groups in total. The van der Waals surface area contributed by atoms with Crippen molar-refractivity contribution in [2.24, 2.45) is 0 Å². The van der Waals surface area contributed by atoms with Crippen LogP contribution >= 0.6 is 11.6 Å². The number of pyridine rings is 1. The summed E-state index contributed by atoms with van der Waals surface area (Å²) in [5, 5.41) is 1.59. The van der Waals surface area contributed by atoms with Gasteiger partial charge >= 0.3 is 0 Å². The van der Waals surface area contributed by atoms with Crippen LogP contribution in [0.4, 0.5) is 0 Å². The average Bonchev–Trinajstić information content (AvgIpc) is 2.46. The molecule has 0 aliphatic rings. The summed E-state index contributed by atoms with van der Waals surface area (Å²) >= 11 is 6.06. The number of aryl methyl sites for hydroxylation is 1. The van der Waals surface area contributed by atoms with E-state index in [0.717, 1.165) is 27.7 Å². The fraction of sp³-hybridized carbons (Fsp3) is 0.111. The zero-order valence-electron chi connectivity index (χ0n) is 11.9. The number of hydrogen-bond donors (Lipinski definition) is 0. The van der Waals surface area contributed by atoms with E-state index in [0.29, 0.717) is 10.6 Å². The van der Waals surface area contributed by atoms with E-state index in [-0.39, 0.29) is 5.78 Å². The van der Waals surface area contributed by atoms with Gasteiger partial charge in [-0.1, -0.05) is 48.0 Å². The zero-order valence-corrected chi connectivity index (χ0v) is 12.6. The first-order valence-corrected chi connectivity index (χ1v) is 7.12. The molecule has 3 aromatic rings. The lowest BCUT2D eigenvalue weighted by molar-refractivity contribution is 0.101. The van der Waals surface area contributed by atoms with Gasteiger partial charge in [-0.3, -0.25) is 9.78 Å². The molecular formula is C18H14ClNO. The van der Waals surface area contributed by atoms with Crippen LogP contribution in [0.2, 0.25) is 5.02 Å². The van der Waals surface area contributed by atoms with Crippen LogP contribution in [0.3, 0.4) is 0 Å². The summed E-state index contributed by atoms with van der Waals surface area (Å²) in [5.74, 6) is 0.0238. The van der Waals surface area contributed by atoms with Crippen LogP contribution in [-0.2, 0) is 0 Å². The van der Waals surface area contributed by atoms with Crippen molar-refractivity contribution >= 4 is 28.3 Å². The van der Waals surface area contributed by atoms with Gasteiger partial charge in [0.05, 0.1) is 5.52 Å². The molecular weight excluding hydrogens is 282 g/mol. The highest BCUT2D eigenvalue weighted by molar-refractivity contribution is 6.31. The first-order chi connectivity index (χ1) is 10.1. The Morgan fingerprint density at radius 1 is 1.10 bits per heavy atom. The molecule has 0 atom stereocenters. The van der Waals surface area contributed by atoms with E-state index in [1.165, 1.54) is 0 Å². The topological polar surface area (TPSA) is 30.0 Å². The standard InChI is InChI=1S/C18H14ClNO/c1-11-17(12(2)21)18(13-6-4-3-5-7-13)15-9-8-14(19)10-16(15)20-11/h3-10H,1-2H3. The minimum atomic E-state index is 0.0238.